The Kier molecular flexibility index (Phi) is 6.08. The van der Waals surface area contributed by atoms with E-state index in [2.05, 4.69) is 5.10 Å². The first-order chi connectivity index (χ1) is 11.7. The van der Waals surface area contributed by atoms with Gasteiger partial charge in [0.2, 0.25) is 0 Å². The van der Waals surface area contributed by atoms with Crippen molar-refractivity contribution in [3.8, 4) is 11.5 Å². The van der Waals surface area contributed by atoms with Crippen molar-refractivity contribution in [1.29, 1.82) is 0 Å². The Bertz CT molecular complexity index is 764. The lowest BCUT2D eigenvalue weighted by molar-refractivity contribution is 0.122. The first-order valence-corrected chi connectivity index (χ1v) is 8.37. The third-order valence-electron chi connectivity index (χ3n) is 3.33. The van der Waals surface area contributed by atoms with Crippen molar-refractivity contribution >= 4 is 11.6 Å². The predicted molar refractivity (Wildman–Crippen MR) is 96.5 cm³/mol. The van der Waals surface area contributed by atoms with Crippen molar-refractivity contribution in [2.45, 2.75) is 45.9 Å². The molecule has 1 unspecified atom stereocenters. The highest BCUT2D eigenvalue weighted by Crippen LogP contribution is 2.22. The molecule has 0 radical (unpaired) electrons. The summed E-state index contributed by atoms with van der Waals surface area (Å²) in [6, 6.07) is 7.27. The zero-order valence-corrected chi connectivity index (χ0v) is 15.6. The summed E-state index contributed by atoms with van der Waals surface area (Å²) in [7, 11) is 0. The summed E-state index contributed by atoms with van der Waals surface area (Å²) in [5.41, 5.74) is 0.0511. The lowest BCUT2D eigenvalue weighted by atomic mass is 10.1. The molecule has 0 saturated heterocycles. The standard InChI is InChI=1S/C18H23ClN2O4/c1-12(22)10-24-14-7-5-13(6-8-14)11-25-15-9-20-21(18(2,3)4)17(23)16(15)19/h5-9,12,22H,10-11H2,1-4H3. The van der Waals surface area contributed by atoms with Crippen molar-refractivity contribution in [2.75, 3.05) is 6.61 Å². The van der Waals surface area contributed by atoms with Crippen LogP contribution < -0.4 is 15.0 Å². The summed E-state index contributed by atoms with van der Waals surface area (Å²) >= 11 is 6.12. The number of aromatic nitrogens is 2. The maximum atomic E-state index is 12.3. The molecule has 0 saturated carbocycles. The van der Waals surface area contributed by atoms with Crippen molar-refractivity contribution in [2.24, 2.45) is 0 Å². The van der Waals surface area contributed by atoms with Gasteiger partial charge in [0.05, 0.1) is 17.8 Å². The third-order valence-corrected chi connectivity index (χ3v) is 3.68. The van der Waals surface area contributed by atoms with Crippen LogP contribution in [-0.2, 0) is 12.1 Å². The average Bonchev–Trinajstić information content (AvgIpc) is 2.54. The Labute approximate surface area is 152 Å². The molecule has 0 aliphatic rings. The Morgan fingerprint density at radius 2 is 1.88 bits per heavy atom. The molecule has 6 nitrogen and oxygen atoms in total. The molecule has 7 heteroatoms. The number of nitrogens with zero attached hydrogens (tertiary/aromatic N) is 2. The monoisotopic (exact) mass is 366 g/mol. The van der Waals surface area contributed by atoms with Crippen LogP contribution in [0, 0.1) is 0 Å². The fourth-order valence-corrected chi connectivity index (χ4v) is 2.24. The van der Waals surface area contributed by atoms with Gasteiger partial charge in [-0.3, -0.25) is 4.79 Å². The van der Waals surface area contributed by atoms with E-state index in [0.717, 1.165) is 5.56 Å². The second kappa shape index (κ2) is 7.89. The van der Waals surface area contributed by atoms with Gasteiger partial charge in [0.1, 0.15) is 19.0 Å². The van der Waals surface area contributed by atoms with Crippen molar-refractivity contribution in [1.82, 2.24) is 9.78 Å². The van der Waals surface area contributed by atoms with Gasteiger partial charge in [-0.15, -0.1) is 0 Å². The molecule has 0 aliphatic carbocycles. The predicted octanol–water partition coefficient (Wildman–Crippen LogP) is 2.99. The van der Waals surface area contributed by atoms with Crippen LogP contribution in [0.5, 0.6) is 11.5 Å². The highest BCUT2D eigenvalue weighted by atomic mass is 35.5. The van der Waals surface area contributed by atoms with E-state index in [1.54, 1.807) is 19.1 Å². The van der Waals surface area contributed by atoms with Gasteiger partial charge in [-0.05, 0) is 45.4 Å². The number of hydrogen-bond acceptors (Lipinski definition) is 5. The van der Waals surface area contributed by atoms with E-state index in [0.29, 0.717) is 5.75 Å². The van der Waals surface area contributed by atoms with E-state index in [1.165, 1.54) is 10.9 Å². The van der Waals surface area contributed by atoms with Crippen LogP contribution in [-0.4, -0.2) is 27.6 Å². The Morgan fingerprint density at radius 1 is 1.24 bits per heavy atom. The van der Waals surface area contributed by atoms with Crippen molar-refractivity contribution < 1.29 is 14.6 Å². The molecule has 25 heavy (non-hydrogen) atoms. The number of halogens is 1. The van der Waals surface area contributed by atoms with Gasteiger partial charge in [0, 0.05) is 0 Å². The van der Waals surface area contributed by atoms with E-state index in [-0.39, 0.29) is 29.5 Å². The molecule has 136 valence electrons. The van der Waals surface area contributed by atoms with Gasteiger partial charge < -0.3 is 14.6 Å². The van der Waals surface area contributed by atoms with Crippen LogP contribution in [0.3, 0.4) is 0 Å². The van der Waals surface area contributed by atoms with Crippen LogP contribution >= 0.6 is 11.6 Å². The van der Waals surface area contributed by atoms with Gasteiger partial charge in [0.15, 0.2) is 10.8 Å². The topological polar surface area (TPSA) is 73.6 Å². The highest BCUT2D eigenvalue weighted by Gasteiger charge is 2.19. The van der Waals surface area contributed by atoms with Crippen LogP contribution in [0.15, 0.2) is 35.3 Å². The number of hydrogen-bond donors (Lipinski definition) is 1. The minimum Gasteiger partial charge on any atom is -0.491 e. The lowest BCUT2D eigenvalue weighted by Gasteiger charge is -2.21. The quantitative estimate of drug-likeness (QED) is 0.850. The largest absolute Gasteiger partial charge is 0.491 e. The number of rotatable bonds is 6. The van der Waals surface area contributed by atoms with Gasteiger partial charge in [0.25, 0.3) is 5.56 Å². The summed E-state index contributed by atoms with van der Waals surface area (Å²) in [5.74, 6) is 0.915. The zero-order chi connectivity index (χ0) is 18.6. The molecule has 0 aliphatic heterocycles. The van der Waals surface area contributed by atoms with E-state index in [9.17, 15) is 9.90 Å². The third kappa shape index (κ3) is 5.21. The fourth-order valence-electron chi connectivity index (χ4n) is 2.06. The minimum atomic E-state index is -0.520. The summed E-state index contributed by atoms with van der Waals surface area (Å²) < 4.78 is 12.3. The van der Waals surface area contributed by atoms with Gasteiger partial charge in [-0.1, -0.05) is 23.7 Å². The fraction of sp³-hybridized carbons (Fsp3) is 0.444. The molecular formula is C18H23ClN2O4. The second-order valence-corrected chi connectivity index (χ2v) is 7.18. The molecular weight excluding hydrogens is 344 g/mol. The molecule has 1 atom stereocenters. The smallest absolute Gasteiger partial charge is 0.289 e. The summed E-state index contributed by atoms with van der Waals surface area (Å²) in [6.07, 6.45) is 0.933. The van der Waals surface area contributed by atoms with Crippen LogP contribution in [0.2, 0.25) is 5.02 Å². The molecule has 1 N–H and O–H groups in total. The first kappa shape index (κ1) is 19.3. The molecule has 1 aromatic heterocycles. The Balaban J connectivity index is 2.04. The second-order valence-electron chi connectivity index (χ2n) is 6.80. The maximum Gasteiger partial charge on any atom is 0.289 e. The Morgan fingerprint density at radius 3 is 2.44 bits per heavy atom. The molecule has 2 aromatic rings. The zero-order valence-electron chi connectivity index (χ0n) is 14.8. The molecule has 0 amide bonds. The van der Waals surface area contributed by atoms with Crippen molar-refractivity contribution in [3.05, 3.63) is 51.4 Å². The minimum absolute atomic E-state index is 0.0156. The van der Waals surface area contributed by atoms with Gasteiger partial charge in [-0.25, -0.2) is 4.68 Å². The lowest BCUT2D eigenvalue weighted by Crippen LogP contribution is -2.36. The summed E-state index contributed by atoms with van der Waals surface area (Å²) in [4.78, 5) is 12.3. The van der Waals surface area contributed by atoms with Gasteiger partial charge >= 0.3 is 0 Å². The van der Waals surface area contributed by atoms with Crippen molar-refractivity contribution in [3.63, 3.8) is 0 Å². The molecule has 2 rings (SSSR count). The van der Waals surface area contributed by atoms with Crippen LogP contribution in [0.4, 0.5) is 0 Å². The van der Waals surface area contributed by atoms with E-state index in [1.807, 2.05) is 32.9 Å². The average molecular weight is 367 g/mol. The van der Waals surface area contributed by atoms with E-state index in [4.69, 9.17) is 21.1 Å². The molecule has 1 heterocycles. The SMILES string of the molecule is CC(O)COc1ccc(COc2cnn(C(C)(C)C)c(=O)c2Cl)cc1. The number of benzene rings is 1. The maximum absolute atomic E-state index is 12.3. The normalized spacial score (nSPS) is 12.7. The molecule has 0 fully saturated rings. The van der Waals surface area contributed by atoms with Crippen LogP contribution in [0.1, 0.15) is 33.3 Å². The van der Waals surface area contributed by atoms with E-state index >= 15 is 0 Å². The Hall–Kier alpha value is -2.05. The van der Waals surface area contributed by atoms with Gasteiger partial charge in [-0.2, -0.15) is 5.10 Å². The first-order valence-electron chi connectivity index (χ1n) is 7.99. The summed E-state index contributed by atoms with van der Waals surface area (Å²) in [5, 5.41) is 13.4. The summed E-state index contributed by atoms with van der Waals surface area (Å²) in [6.45, 7) is 7.77. The number of aliphatic hydroxyl groups is 1. The highest BCUT2D eigenvalue weighted by molar-refractivity contribution is 6.31. The van der Waals surface area contributed by atoms with E-state index < -0.39 is 11.6 Å². The van der Waals surface area contributed by atoms with Crippen LogP contribution in [0.25, 0.3) is 0 Å². The molecule has 0 bridgehead atoms. The number of ether oxygens (including phenoxy) is 2. The molecule has 1 aromatic carbocycles. The molecule has 0 spiro atoms. The number of aliphatic hydroxyl groups excluding tert-OH is 1.